The summed E-state index contributed by atoms with van der Waals surface area (Å²) in [6.45, 7) is 0. The van der Waals surface area contributed by atoms with Crippen LogP contribution in [0.25, 0.3) is 0 Å². The number of ketones is 1. The summed E-state index contributed by atoms with van der Waals surface area (Å²) in [5.41, 5.74) is 0.0700. The highest BCUT2D eigenvalue weighted by atomic mass is 79.9. The molecule has 2 aromatic rings. The molecule has 0 N–H and O–H groups in total. The summed E-state index contributed by atoms with van der Waals surface area (Å²) in [5, 5.41) is 0. The minimum absolute atomic E-state index is 0.0700. The van der Waals surface area contributed by atoms with Crippen molar-refractivity contribution in [1.29, 1.82) is 0 Å². The second kappa shape index (κ2) is 5.59. The van der Waals surface area contributed by atoms with E-state index in [1.54, 1.807) is 6.07 Å². The summed E-state index contributed by atoms with van der Waals surface area (Å²) >= 11 is 7.81. The fraction of sp³-hybridized carbons (Fsp3) is 0.0833. The standard InChI is InChI=1S/C12H6Br2F2OS/c13-7-5-10(18-12(7)14)9(17)4-6-2-1-3-8(15)11(6)16/h1-3,5H,4H2. The maximum absolute atomic E-state index is 13.4. The van der Waals surface area contributed by atoms with Crippen LogP contribution in [0.15, 0.2) is 32.5 Å². The van der Waals surface area contributed by atoms with Gasteiger partial charge in [0, 0.05) is 10.9 Å². The number of Topliss-reactive ketones (excluding diaryl/α,β-unsaturated/α-hetero) is 1. The number of rotatable bonds is 3. The van der Waals surface area contributed by atoms with E-state index in [9.17, 15) is 13.6 Å². The van der Waals surface area contributed by atoms with E-state index in [1.165, 1.54) is 23.5 Å². The third kappa shape index (κ3) is 2.87. The molecule has 0 aliphatic carbocycles. The van der Waals surface area contributed by atoms with Gasteiger partial charge in [-0.2, -0.15) is 0 Å². The Bertz CT molecular complexity index is 591. The molecule has 1 aromatic carbocycles. The van der Waals surface area contributed by atoms with Crippen molar-refractivity contribution >= 4 is 49.0 Å². The van der Waals surface area contributed by atoms with Crippen LogP contribution < -0.4 is 0 Å². The maximum atomic E-state index is 13.4. The number of carbonyl (C=O) groups is 1. The highest BCUT2D eigenvalue weighted by Crippen LogP contribution is 2.33. The summed E-state index contributed by atoms with van der Waals surface area (Å²) in [6, 6.07) is 5.49. The topological polar surface area (TPSA) is 17.1 Å². The lowest BCUT2D eigenvalue weighted by Gasteiger charge is -2.01. The molecule has 0 fully saturated rings. The fourth-order valence-corrected chi connectivity index (χ4v) is 3.40. The number of halogens is 4. The Morgan fingerprint density at radius 2 is 2.00 bits per heavy atom. The number of benzene rings is 1. The van der Waals surface area contributed by atoms with Gasteiger partial charge >= 0.3 is 0 Å². The first kappa shape index (κ1) is 13.8. The molecule has 94 valence electrons. The van der Waals surface area contributed by atoms with Gasteiger partial charge in [-0.25, -0.2) is 8.78 Å². The molecule has 6 heteroatoms. The molecule has 1 nitrogen and oxygen atoms in total. The molecule has 0 saturated heterocycles. The molecule has 0 amide bonds. The van der Waals surface area contributed by atoms with Crippen LogP contribution in [-0.2, 0) is 6.42 Å². The lowest BCUT2D eigenvalue weighted by Crippen LogP contribution is -2.04. The van der Waals surface area contributed by atoms with E-state index in [0.717, 1.165) is 14.3 Å². The molecule has 0 atom stereocenters. The van der Waals surface area contributed by atoms with E-state index < -0.39 is 11.6 Å². The minimum Gasteiger partial charge on any atom is -0.293 e. The Kier molecular flexibility index (Phi) is 4.29. The monoisotopic (exact) mass is 394 g/mol. The van der Waals surface area contributed by atoms with Crippen molar-refractivity contribution in [3.63, 3.8) is 0 Å². The zero-order valence-electron chi connectivity index (χ0n) is 8.84. The minimum atomic E-state index is -0.958. The number of carbonyl (C=O) groups excluding carboxylic acids is 1. The summed E-state index contributed by atoms with van der Waals surface area (Å²) in [7, 11) is 0. The smallest absolute Gasteiger partial charge is 0.177 e. The van der Waals surface area contributed by atoms with Crippen LogP contribution in [0.2, 0.25) is 0 Å². The van der Waals surface area contributed by atoms with Crippen LogP contribution in [0.3, 0.4) is 0 Å². The quantitative estimate of drug-likeness (QED) is 0.670. The van der Waals surface area contributed by atoms with Crippen molar-refractivity contribution in [2.45, 2.75) is 6.42 Å². The predicted octanol–water partition coefficient (Wildman–Crippen LogP) is 4.98. The average molecular weight is 396 g/mol. The van der Waals surface area contributed by atoms with Gasteiger partial charge in [-0.15, -0.1) is 11.3 Å². The van der Waals surface area contributed by atoms with Crippen molar-refractivity contribution in [2.75, 3.05) is 0 Å². The second-order valence-electron chi connectivity index (χ2n) is 3.55. The zero-order chi connectivity index (χ0) is 13.3. The summed E-state index contributed by atoms with van der Waals surface area (Å²) in [5.74, 6) is -2.13. The highest BCUT2D eigenvalue weighted by Gasteiger charge is 2.16. The van der Waals surface area contributed by atoms with Crippen LogP contribution in [0, 0.1) is 11.6 Å². The Hall–Kier alpha value is -0.590. The number of hydrogen-bond donors (Lipinski definition) is 0. The van der Waals surface area contributed by atoms with Gasteiger partial charge in [-0.05, 0) is 49.6 Å². The first-order valence-electron chi connectivity index (χ1n) is 4.90. The average Bonchev–Trinajstić information content (AvgIpc) is 2.66. The highest BCUT2D eigenvalue weighted by molar-refractivity contribution is 9.13. The van der Waals surface area contributed by atoms with E-state index in [0.29, 0.717) is 4.88 Å². The Labute approximate surface area is 123 Å². The zero-order valence-corrected chi connectivity index (χ0v) is 12.8. The van der Waals surface area contributed by atoms with Crippen molar-refractivity contribution < 1.29 is 13.6 Å². The second-order valence-corrected chi connectivity index (χ2v) is 6.77. The normalized spacial score (nSPS) is 10.7. The molecule has 18 heavy (non-hydrogen) atoms. The van der Waals surface area contributed by atoms with Gasteiger partial charge in [0.15, 0.2) is 17.4 Å². The molecule has 0 bridgehead atoms. The molecule has 1 heterocycles. The maximum Gasteiger partial charge on any atom is 0.177 e. The van der Waals surface area contributed by atoms with Crippen molar-refractivity contribution in [3.05, 3.63) is 54.6 Å². The van der Waals surface area contributed by atoms with Gasteiger partial charge in [0.05, 0.1) is 8.66 Å². The van der Waals surface area contributed by atoms with E-state index in [1.807, 2.05) is 0 Å². The van der Waals surface area contributed by atoms with Crippen molar-refractivity contribution in [1.82, 2.24) is 0 Å². The summed E-state index contributed by atoms with van der Waals surface area (Å²) in [4.78, 5) is 12.4. The third-order valence-corrected chi connectivity index (χ3v) is 5.60. The largest absolute Gasteiger partial charge is 0.293 e. The summed E-state index contributed by atoms with van der Waals surface area (Å²) < 4.78 is 28.0. The first-order chi connectivity index (χ1) is 8.49. The first-order valence-corrected chi connectivity index (χ1v) is 7.30. The molecule has 0 aliphatic heterocycles. The van der Waals surface area contributed by atoms with Gasteiger partial charge < -0.3 is 0 Å². The Morgan fingerprint density at radius 1 is 1.28 bits per heavy atom. The SMILES string of the molecule is O=C(Cc1cccc(F)c1F)c1cc(Br)c(Br)s1. The molecule has 0 radical (unpaired) electrons. The molecule has 0 spiro atoms. The van der Waals surface area contributed by atoms with Gasteiger partial charge in [0.1, 0.15) is 0 Å². The van der Waals surface area contributed by atoms with Crippen LogP contribution in [0.1, 0.15) is 15.2 Å². The number of hydrogen-bond acceptors (Lipinski definition) is 2. The lowest BCUT2D eigenvalue weighted by atomic mass is 10.1. The van der Waals surface area contributed by atoms with E-state index in [4.69, 9.17) is 0 Å². The van der Waals surface area contributed by atoms with Gasteiger partial charge in [-0.3, -0.25) is 4.79 Å². The molecular formula is C12H6Br2F2OS. The van der Waals surface area contributed by atoms with Crippen LogP contribution in [-0.4, -0.2) is 5.78 Å². The van der Waals surface area contributed by atoms with Gasteiger partial charge in [0.2, 0.25) is 0 Å². The molecule has 1 aromatic heterocycles. The van der Waals surface area contributed by atoms with Crippen molar-refractivity contribution in [2.24, 2.45) is 0 Å². The van der Waals surface area contributed by atoms with E-state index >= 15 is 0 Å². The molecule has 0 saturated carbocycles. The van der Waals surface area contributed by atoms with Crippen LogP contribution >= 0.6 is 43.2 Å². The summed E-state index contributed by atoms with van der Waals surface area (Å²) in [6.07, 6.45) is -0.150. The van der Waals surface area contributed by atoms with E-state index in [2.05, 4.69) is 31.9 Å². The molecular weight excluding hydrogens is 390 g/mol. The van der Waals surface area contributed by atoms with Crippen LogP contribution in [0.4, 0.5) is 8.78 Å². The molecule has 0 aliphatic rings. The van der Waals surface area contributed by atoms with E-state index in [-0.39, 0.29) is 17.8 Å². The Morgan fingerprint density at radius 3 is 2.61 bits per heavy atom. The van der Waals surface area contributed by atoms with Gasteiger partial charge in [0.25, 0.3) is 0 Å². The fourth-order valence-electron chi connectivity index (χ4n) is 1.43. The third-order valence-electron chi connectivity index (χ3n) is 2.30. The number of thiophene rings is 1. The lowest BCUT2D eigenvalue weighted by molar-refractivity contribution is 0.0995. The van der Waals surface area contributed by atoms with Crippen molar-refractivity contribution in [3.8, 4) is 0 Å². The molecule has 2 rings (SSSR count). The Balaban J connectivity index is 2.24. The molecule has 0 unspecified atom stereocenters. The van der Waals surface area contributed by atoms with Gasteiger partial charge in [-0.1, -0.05) is 12.1 Å². The predicted molar refractivity (Wildman–Crippen MR) is 74.1 cm³/mol. The van der Waals surface area contributed by atoms with Crippen LogP contribution in [0.5, 0.6) is 0 Å².